The van der Waals surface area contributed by atoms with Gasteiger partial charge >= 0.3 is 0 Å². The number of rotatable bonds is 3. The number of hydrogen-bond acceptors (Lipinski definition) is 4. The summed E-state index contributed by atoms with van der Waals surface area (Å²) in [6.07, 6.45) is 1.08. The van der Waals surface area contributed by atoms with Crippen molar-refractivity contribution in [1.29, 1.82) is 0 Å². The van der Waals surface area contributed by atoms with Crippen molar-refractivity contribution in [3.05, 3.63) is 23.2 Å². The van der Waals surface area contributed by atoms with Crippen LogP contribution >= 0.6 is 11.6 Å². The molecule has 0 aliphatic rings. The SMILES string of the molecule is CC(N)C(=O)Nc1cc(S(C)(=O)=O)ccc1Cl. The molecule has 7 heteroatoms. The minimum absolute atomic E-state index is 0.0851. The number of halogens is 1. The second kappa shape index (κ2) is 5.03. The second-order valence-electron chi connectivity index (χ2n) is 3.69. The van der Waals surface area contributed by atoms with Crippen molar-refractivity contribution in [3.8, 4) is 0 Å². The molecule has 0 saturated heterocycles. The fourth-order valence-electron chi connectivity index (χ4n) is 1.08. The van der Waals surface area contributed by atoms with Gasteiger partial charge in [-0.15, -0.1) is 0 Å². The Morgan fingerprint density at radius 1 is 1.47 bits per heavy atom. The quantitative estimate of drug-likeness (QED) is 0.863. The summed E-state index contributed by atoms with van der Waals surface area (Å²) in [5, 5.41) is 2.72. The summed E-state index contributed by atoms with van der Waals surface area (Å²) in [5.74, 6) is -0.433. The molecule has 0 heterocycles. The molecule has 94 valence electrons. The van der Waals surface area contributed by atoms with Gasteiger partial charge in [-0.25, -0.2) is 8.42 Å². The molecule has 1 atom stereocenters. The van der Waals surface area contributed by atoms with E-state index in [1.807, 2.05) is 0 Å². The molecular formula is C10H13ClN2O3S. The average Bonchev–Trinajstić information content (AvgIpc) is 2.19. The number of nitrogens with one attached hydrogen (secondary N) is 1. The highest BCUT2D eigenvalue weighted by molar-refractivity contribution is 7.90. The lowest BCUT2D eigenvalue weighted by Crippen LogP contribution is -2.32. The zero-order valence-corrected chi connectivity index (χ0v) is 11.0. The predicted molar refractivity (Wildman–Crippen MR) is 66.8 cm³/mol. The Hall–Kier alpha value is -1.11. The van der Waals surface area contributed by atoms with Gasteiger partial charge in [-0.05, 0) is 25.1 Å². The van der Waals surface area contributed by atoms with Crippen LogP contribution in [0.25, 0.3) is 0 Å². The molecule has 0 aliphatic heterocycles. The highest BCUT2D eigenvalue weighted by atomic mass is 35.5. The van der Waals surface area contributed by atoms with Crippen LogP contribution in [-0.4, -0.2) is 26.6 Å². The molecule has 3 N–H and O–H groups in total. The molecule has 5 nitrogen and oxygen atoms in total. The zero-order valence-electron chi connectivity index (χ0n) is 9.40. The lowest BCUT2D eigenvalue weighted by molar-refractivity contribution is -0.117. The van der Waals surface area contributed by atoms with Crippen molar-refractivity contribution in [1.82, 2.24) is 0 Å². The fraction of sp³-hybridized carbons (Fsp3) is 0.300. The van der Waals surface area contributed by atoms with E-state index in [0.29, 0.717) is 0 Å². The summed E-state index contributed by atoms with van der Waals surface area (Å²) in [5.41, 5.74) is 5.62. The third-order valence-corrected chi connectivity index (χ3v) is 3.48. The Labute approximate surface area is 105 Å². The fourth-order valence-corrected chi connectivity index (χ4v) is 1.89. The Morgan fingerprint density at radius 3 is 2.53 bits per heavy atom. The first-order valence-corrected chi connectivity index (χ1v) is 7.05. The van der Waals surface area contributed by atoms with E-state index < -0.39 is 21.8 Å². The first-order valence-electron chi connectivity index (χ1n) is 4.78. The van der Waals surface area contributed by atoms with Crippen LogP contribution in [-0.2, 0) is 14.6 Å². The molecule has 17 heavy (non-hydrogen) atoms. The van der Waals surface area contributed by atoms with E-state index in [0.717, 1.165) is 6.26 Å². The average molecular weight is 277 g/mol. The monoisotopic (exact) mass is 276 g/mol. The van der Waals surface area contributed by atoms with Gasteiger partial charge in [0.15, 0.2) is 9.84 Å². The van der Waals surface area contributed by atoms with Crippen LogP contribution in [0.15, 0.2) is 23.1 Å². The van der Waals surface area contributed by atoms with Gasteiger partial charge in [-0.3, -0.25) is 4.79 Å². The van der Waals surface area contributed by atoms with E-state index in [4.69, 9.17) is 17.3 Å². The molecule has 0 fully saturated rings. The number of carbonyl (C=O) groups is 1. The summed E-state index contributed by atoms with van der Waals surface area (Å²) in [6.45, 7) is 1.52. The maximum Gasteiger partial charge on any atom is 0.241 e. The number of hydrogen-bond donors (Lipinski definition) is 2. The molecule has 0 radical (unpaired) electrons. The first-order chi connectivity index (χ1) is 7.71. The van der Waals surface area contributed by atoms with E-state index in [-0.39, 0.29) is 15.6 Å². The molecule has 0 aliphatic carbocycles. The van der Waals surface area contributed by atoms with Gasteiger partial charge < -0.3 is 11.1 Å². The second-order valence-corrected chi connectivity index (χ2v) is 6.11. The minimum Gasteiger partial charge on any atom is -0.323 e. The molecule has 1 aromatic carbocycles. The third-order valence-electron chi connectivity index (χ3n) is 2.04. The molecule has 1 aromatic rings. The van der Waals surface area contributed by atoms with Gasteiger partial charge in [-0.2, -0.15) is 0 Å². The maximum atomic E-state index is 11.4. The standard InChI is InChI=1S/C10H13ClN2O3S/c1-6(12)10(14)13-9-5-7(17(2,15)16)3-4-8(9)11/h3-6H,12H2,1-2H3,(H,13,14). The summed E-state index contributed by atoms with van der Waals surface area (Å²) in [7, 11) is -3.34. The smallest absolute Gasteiger partial charge is 0.241 e. The number of nitrogens with two attached hydrogens (primary N) is 1. The van der Waals surface area contributed by atoms with Crippen molar-refractivity contribution in [3.63, 3.8) is 0 Å². The molecule has 1 amide bonds. The molecule has 0 spiro atoms. The summed E-state index contributed by atoms with van der Waals surface area (Å²) in [4.78, 5) is 11.5. The highest BCUT2D eigenvalue weighted by Gasteiger charge is 2.13. The van der Waals surface area contributed by atoms with Crippen LogP contribution in [0.3, 0.4) is 0 Å². The normalized spacial score (nSPS) is 13.2. The number of carbonyl (C=O) groups excluding carboxylic acids is 1. The lowest BCUT2D eigenvalue weighted by atomic mass is 10.3. The molecule has 0 bridgehead atoms. The van der Waals surface area contributed by atoms with Crippen LogP contribution in [0.2, 0.25) is 5.02 Å². The molecule has 0 aromatic heterocycles. The van der Waals surface area contributed by atoms with Crippen LogP contribution in [0.4, 0.5) is 5.69 Å². The Morgan fingerprint density at radius 2 is 2.06 bits per heavy atom. The molecule has 1 rings (SSSR count). The highest BCUT2D eigenvalue weighted by Crippen LogP contribution is 2.25. The Kier molecular flexibility index (Phi) is 4.13. The van der Waals surface area contributed by atoms with Gasteiger partial charge in [0.1, 0.15) is 0 Å². The van der Waals surface area contributed by atoms with Crippen molar-refractivity contribution >= 4 is 33.0 Å². The van der Waals surface area contributed by atoms with E-state index in [9.17, 15) is 13.2 Å². The first kappa shape index (κ1) is 14.0. The zero-order chi connectivity index (χ0) is 13.2. The van der Waals surface area contributed by atoms with Gasteiger partial charge in [0.2, 0.25) is 5.91 Å². The predicted octanol–water partition coefficient (Wildman–Crippen LogP) is 1.03. The topological polar surface area (TPSA) is 89.3 Å². The van der Waals surface area contributed by atoms with E-state index in [1.54, 1.807) is 0 Å². The van der Waals surface area contributed by atoms with Crippen LogP contribution in [0, 0.1) is 0 Å². The Bertz CT molecular complexity index is 540. The van der Waals surface area contributed by atoms with Crippen LogP contribution in [0.5, 0.6) is 0 Å². The van der Waals surface area contributed by atoms with E-state index in [1.165, 1.54) is 25.1 Å². The number of benzene rings is 1. The van der Waals surface area contributed by atoms with Crippen molar-refractivity contribution in [2.45, 2.75) is 17.9 Å². The van der Waals surface area contributed by atoms with Gasteiger partial charge in [0.05, 0.1) is 21.6 Å². The molecular weight excluding hydrogens is 264 g/mol. The van der Waals surface area contributed by atoms with Crippen LogP contribution < -0.4 is 11.1 Å². The molecule has 1 unspecified atom stereocenters. The summed E-state index contributed by atoms with van der Waals surface area (Å²) in [6, 6.07) is 3.39. The lowest BCUT2D eigenvalue weighted by Gasteiger charge is -2.10. The molecule has 0 saturated carbocycles. The minimum atomic E-state index is -3.34. The van der Waals surface area contributed by atoms with Crippen LogP contribution in [0.1, 0.15) is 6.92 Å². The number of anilines is 1. The summed E-state index contributed by atoms with van der Waals surface area (Å²) < 4.78 is 22.7. The van der Waals surface area contributed by atoms with Crippen molar-refractivity contribution < 1.29 is 13.2 Å². The van der Waals surface area contributed by atoms with Gasteiger partial charge in [-0.1, -0.05) is 11.6 Å². The third kappa shape index (κ3) is 3.69. The maximum absolute atomic E-state index is 11.4. The largest absolute Gasteiger partial charge is 0.323 e. The van der Waals surface area contributed by atoms with Gasteiger partial charge in [0.25, 0.3) is 0 Å². The van der Waals surface area contributed by atoms with Gasteiger partial charge in [0, 0.05) is 6.26 Å². The number of amides is 1. The van der Waals surface area contributed by atoms with Crippen molar-refractivity contribution in [2.75, 3.05) is 11.6 Å². The van der Waals surface area contributed by atoms with Crippen molar-refractivity contribution in [2.24, 2.45) is 5.73 Å². The summed E-state index contributed by atoms with van der Waals surface area (Å²) >= 11 is 5.84. The van der Waals surface area contributed by atoms with E-state index in [2.05, 4.69) is 5.32 Å². The van der Waals surface area contributed by atoms with E-state index >= 15 is 0 Å². The number of sulfone groups is 1. The Balaban J connectivity index is 3.12.